The highest BCUT2D eigenvalue weighted by atomic mass is 16.5. The molecule has 2 aromatic rings. The molecule has 0 radical (unpaired) electrons. The Kier molecular flexibility index (Phi) is 5.48. The van der Waals surface area contributed by atoms with Crippen LogP contribution in [0, 0.1) is 0 Å². The Morgan fingerprint density at radius 3 is 2.35 bits per heavy atom. The molecule has 0 heterocycles. The smallest absolute Gasteiger partial charge is 0.124 e. The molecule has 2 rings (SSSR count). The van der Waals surface area contributed by atoms with Crippen LogP contribution < -0.4 is 10.1 Å². The predicted octanol–water partition coefficient (Wildman–Crippen LogP) is 4.65. The van der Waals surface area contributed by atoms with Crippen molar-refractivity contribution < 1.29 is 4.74 Å². The van der Waals surface area contributed by atoms with Crippen molar-refractivity contribution in [1.82, 2.24) is 0 Å². The third-order valence-corrected chi connectivity index (χ3v) is 3.30. The average Bonchev–Trinajstić information content (AvgIpc) is 2.52. The van der Waals surface area contributed by atoms with Gasteiger partial charge >= 0.3 is 0 Å². The first-order valence-electron chi connectivity index (χ1n) is 7.37. The van der Waals surface area contributed by atoms with E-state index in [1.165, 1.54) is 16.8 Å². The van der Waals surface area contributed by atoms with Crippen LogP contribution in [0.25, 0.3) is 0 Å². The summed E-state index contributed by atoms with van der Waals surface area (Å²) in [4.78, 5) is 0. The minimum atomic E-state index is 0.766. The highest BCUT2D eigenvalue weighted by Gasteiger charge is 2.04. The molecule has 1 N–H and O–H groups in total. The van der Waals surface area contributed by atoms with E-state index in [-0.39, 0.29) is 0 Å². The van der Waals surface area contributed by atoms with Crippen molar-refractivity contribution in [2.75, 3.05) is 11.9 Å². The van der Waals surface area contributed by atoms with Crippen molar-refractivity contribution >= 4 is 5.69 Å². The zero-order valence-electron chi connectivity index (χ0n) is 12.4. The molecule has 0 fully saturated rings. The maximum Gasteiger partial charge on any atom is 0.124 e. The predicted molar refractivity (Wildman–Crippen MR) is 85.4 cm³/mol. The van der Waals surface area contributed by atoms with E-state index in [4.69, 9.17) is 4.74 Å². The van der Waals surface area contributed by atoms with Crippen LogP contribution in [0.3, 0.4) is 0 Å². The van der Waals surface area contributed by atoms with Gasteiger partial charge in [-0.1, -0.05) is 50.2 Å². The molecule has 0 saturated heterocycles. The van der Waals surface area contributed by atoms with Gasteiger partial charge in [-0.2, -0.15) is 0 Å². The lowest BCUT2D eigenvalue weighted by Gasteiger charge is -2.14. The van der Waals surface area contributed by atoms with Gasteiger partial charge in [0.15, 0.2) is 0 Å². The highest BCUT2D eigenvalue weighted by Crippen LogP contribution is 2.21. The van der Waals surface area contributed by atoms with Gasteiger partial charge in [-0.25, -0.2) is 0 Å². The Morgan fingerprint density at radius 2 is 1.60 bits per heavy atom. The molecule has 0 aliphatic heterocycles. The number of aryl methyl sites for hydroxylation is 1. The molecule has 0 saturated carbocycles. The standard InChI is InChI=1S/C18H23NO/c1-3-13-20-18-12-8-6-10-16(18)14-19-17-11-7-5-9-15(17)4-2/h5-12,19H,3-4,13-14H2,1-2H3. The summed E-state index contributed by atoms with van der Waals surface area (Å²) in [6.07, 6.45) is 2.07. The van der Waals surface area contributed by atoms with Gasteiger partial charge in [0, 0.05) is 17.8 Å². The number of ether oxygens (including phenoxy) is 1. The van der Waals surface area contributed by atoms with E-state index in [1.807, 2.05) is 12.1 Å². The summed E-state index contributed by atoms with van der Waals surface area (Å²) in [5, 5.41) is 3.52. The summed E-state index contributed by atoms with van der Waals surface area (Å²) in [5.41, 5.74) is 3.76. The Balaban J connectivity index is 2.06. The van der Waals surface area contributed by atoms with E-state index in [9.17, 15) is 0 Å². The minimum Gasteiger partial charge on any atom is -0.493 e. The van der Waals surface area contributed by atoms with Crippen molar-refractivity contribution in [1.29, 1.82) is 0 Å². The summed E-state index contributed by atoms with van der Waals surface area (Å²) in [6, 6.07) is 16.7. The first-order valence-corrected chi connectivity index (χ1v) is 7.37. The molecule has 2 nitrogen and oxygen atoms in total. The fraction of sp³-hybridized carbons (Fsp3) is 0.333. The molecule has 2 heteroatoms. The number of hydrogen-bond donors (Lipinski definition) is 1. The Bertz CT molecular complexity index is 536. The van der Waals surface area contributed by atoms with Crippen LogP contribution in [0.15, 0.2) is 48.5 Å². The quantitative estimate of drug-likeness (QED) is 0.790. The van der Waals surface area contributed by atoms with E-state index in [0.717, 1.165) is 31.7 Å². The molecule has 0 aliphatic rings. The first-order chi connectivity index (χ1) is 9.85. The second-order valence-electron chi connectivity index (χ2n) is 4.82. The van der Waals surface area contributed by atoms with Crippen LogP contribution in [0.1, 0.15) is 31.4 Å². The van der Waals surface area contributed by atoms with Crippen molar-refractivity contribution in [3.05, 3.63) is 59.7 Å². The van der Waals surface area contributed by atoms with Gasteiger partial charge in [-0.05, 0) is 30.5 Å². The molecular formula is C18H23NO. The molecule has 106 valence electrons. The Morgan fingerprint density at radius 1 is 0.900 bits per heavy atom. The van der Waals surface area contributed by atoms with Gasteiger partial charge in [0.2, 0.25) is 0 Å². The van der Waals surface area contributed by atoms with Crippen LogP contribution >= 0.6 is 0 Å². The lowest BCUT2D eigenvalue weighted by molar-refractivity contribution is 0.314. The SMILES string of the molecule is CCCOc1ccccc1CNc1ccccc1CC. The Hall–Kier alpha value is -1.96. The maximum atomic E-state index is 5.79. The minimum absolute atomic E-state index is 0.766. The summed E-state index contributed by atoms with van der Waals surface area (Å²) in [6.45, 7) is 5.86. The number of nitrogens with one attached hydrogen (secondary N) is 1. The fourth-order valence-corrected chi connectivity index (χ4v) is 2.19. The van der Waals surface area contributed by atoms with Crippen molar-refractivity contribution in [3.8, 4) is 5.75 Å². The highest BCUT2D eigenvalue weighted by molar-refractivity contribution is 5.52. The van der Waals surface area contributed by atoms with Crippen LogP contribution in [-0.2, 0) is 13.0 Å². The number of benzene rings is 2. The second kappa shape index (κ2) is 7.59. The number of para-hydroxylation sites is 2. The van der Waals surface area contributed by atoms with E-state index >= 15 is 0 Å². The van der Waals surface area contributed by atoms with Crippen LogP contribution in [0.4, 0.5) is 5.69 Å². The number of anilines is 1. The largest absolute Gasteiger partial charge is 0.493 e. The molecule has 2 aromatic carbocycles. The van der Waals surface area contributed by atoms with E-state index in [0.29, 0.717) is 0 Å². The van der Waals surface area contributed by atoms with Crippen LogP contribution in [0.5, 0.6) is 5.75 Å². The number of rotatable bonds is 7. The lowest BCUT2D eigenvalue weighted by Crippen LogP contribution is -2.05. The molecule has 0 unspecified atom stereocenters. The molecule has 0 aromatic heterocycles. The molecule has 20 heavy (non-hydrogen) atoms. The third kappa shape index (κ3) is 3.77. The van der Waals surface area contributed by atoms with Crippen molar-refractivity contribution in [2.24, 2.45) is 0 Å². The summed E-state index contributed by atoms with van der Waals surface area (Å²) >= 11 is 0. The third-order valence-electron chi connectivity index (χ3n) is 3.30. The monoisotopic (exact) mass is 269 g/mol. The maximum absolute atomic E-state index is 5.79. The molecule has 0 atom stereocenters. The molecule has 0 spiro atoms. The van der Waals surface area contributed by atoms with Gasteiger partial charge < -0.3 is 10.1 Å². The molecule has 0 bridgehead atoms. The van der Waals surface area contributed by atoms with Crippen LogP contribution in [0.2, 0.25) is 0 Å². The normalized spacial score (nSPS) is 10.3. The van der Waals surface area contributed by atoms with Gasteiger partial charge in [0.25, 0.3) is 0 Å². The topological polar surface area (TPSA) is 21.3 Å². The molecule has 0 amide bonds. The first kappa shape index (κ1) is 14.4. The van der Waals surface area contributed by atoms with E-state index in [1.54, 1.807) is 0 Å². The van der Waals surface area contributed by atoms with Crippen molar-refractivity contribution in [2.45, 2.75) is 33.2 Å². The summed E-state index contributed by atoms with van der Waals surface area (Å²) < 4.78 is 5.79. The van der Waals surface area contributed by atoms with Gasteiger partial charge in [0.05, 0.1) is 6.61 Å². The molecule has 0 aliphatic carbocycles. The van der Waals surface area contributed by atoms with Gasteiger partial charge in [0.1, 0.15) is 5.75 Å². The van der Waals surface area contributed by atoms with Gasteiger partial charge in [-0.3, -0.25) is 0 Å². The summed E-state index contributed by atoms with van der Waals surface area (Å²) in [5.74, 6) is 0.982. The van der Waals surface area contributed by atoms with E-state index < -0.39 is 0 Å². The summed E-state index contributed by atoms with van der Waals surface area (Å²) in [7, 11) is 0. The zero-order valence-corrected chi connectivity index (χ0v) is 12.4. The van der Waals surface area contributed by atoms with Crippen molar-refractivity contribution in [3.63, 3.8) is 0 Å². The lowest BCUT2D eigenvalue weighted by atomic mass is 10.1. The number of hydrogen-bond acceptors (Lipinski definition) is 2. The average molecular weight is 269 g/mol. The zero-order chi connectivity index (χ0) is 14.2. The van der Waals surface area contributed by atoms with Crippen LogP contribution in [-0.4, -0.2) is 6.61 Å². The molecular weight excluding hydrogens is 246 g/mol. The van der Waals surface area contributed by atoms with Gasteiger partial charge in [-0.15, -0.1) is 0 Å². The van der Waals surface area contributed by atoms with E-state index in [2.05, 4.69) is 55.6 Å². The fourth-order valence-electron chi connectivity index (χ4n) is 2.19. The second-order valence-corrected chi connectivity index (χ2v) is 4.82. The Labute approximate surface area is 121 Å².